The van der Waals surface area contributed by atoms with Crippen LogP contribution in [0.5, 0.6) is 0 Å². The van der Waals surface area contributed by atoms with Crippen molar-refractivity contribution in [1.29, 1.82) is 0 Å². The van der Waals surface area contributed by atoms with Gasteiger partial charge >= 0.3 is 0 Å². The Morgan fingerprint density at radius 1 is 1.29 bits per heavy atom. The van der Waals surface area contributed by atoms with Gasteiger partial charge in [-0.1, -0.05) is 6.07 Å². The van der Waals surface area contributed by atoms with E-state index in [1.807, 2.05) is 11.0 Å². The molecule has 6 nitrogen and oxygen atoms in total. The maximum atomic E-state index is 12.2. The molecule has 0 radical (unpaired) electrons. The van der Waals surface area contributed by atoms with Crippen LogP contribution >= 0.6 is 0 Å². The van der Waals surface area contributed by atoms with E-state index in [1.165, 1.54) is 6.07 Å². The smallest absolute Gasteiger partial charge is 0.292 e. The van der Waals surface area contributed by atoms with Gasteiger partial charge in [0.2, 0.25) is 0 Å². The first-order chi connectivity index (χ1) is 9.64. The van der Waals surface area contributed by atoms with E-state index in [0.717, 1.165) is 5.56 Å². The Hall–Kier alpha value is -1.63. The van der Waals surface area contributed by atoms with Crippen LogP contribution in [0.3, 0.4) is 0 Å². The third-order valence-electron chi connectivity index (χ3n) is 4.12. The molecule has 1 heterocycles. The van der Waals surface area contributed by atoms with Gasteiger partial charge in [0.1, 0.15) is 5.69 Å². The molecule has 0 aromatic heterocycles. The summed E-state index contributed by atoms with van der Waals surface area (Å²) in [6, 6.07) is 5.05. The average molecular weight is 312 g/mol. The predicted octanol–water partition coefficient (Wildman–Crippen LogP) is 2.31. The van der Waals surface area contributed by atoms with Crippen LogP contribution in [-0.4, -0.2) is 36.9 Å². The standard InChI is InChI=1S/C14H20N2O4S/c1-11-4-5-12(13(10-11)16(17)18)15-7-6-14(2,3)21(19,20)9-8-15/h4-5,10H,6-9H2,1-3H3. The molecule has 21 heavy (non-hydrogen) atoms. The lowest BCUT2D eigenvalue weighted by molar-refractivity contribution is -0.384. The second kappa shape index (κ2) is 5.29. The predicted molar refractivity (Wildman–Crippen MR) is 82.5 cm³/mol. The summed E-state index contributed by atoms with van der Waals surface area (Å²) in [7, 11) is -3.19. The number of nitrogens with zero attached hydrogens (tertiary/aromatic N) is 2. The number of aryl methyl sites for hydroxylation is 1. The van der Waals surface area contributed by atoms with E-state index in [4.69, 9.17) is 0 Å². The topological polar surface area (TPSA) is 80.5 Å². The van der Waals surface area contributed by atoms with Crippen molar-refractivity contribution in [1.82, 2.24) is 0 Å². The fourth-order valence-corrected chi connectivity index (χ4v) is 3.88. The van der Waals surface area contributed by atoms with Gasteiger partial charge < -0.3 is 4.90 Å². The van der Waals surface area contributed by atoms with Crippen molar-refractivity contribution in [3.8, 4) is 0 Å². The Balaban J connectivity index is 2.39. The number of benzene rings is 1. The minimum atomic E-state index is -3.19. The van der Waals surface area contributed by atoms with E-state index in [0.29, 0.717) is 18.7 Å². The molecule has 1 fully saturated rings. The quantitative estimate of drug-likeness (QED) is 0.618. The van der Waals surface area contributed by atoms with Crippen LogP contribution in [0.1, 0.15) is 25.8 Å². The van der Waals surface area contributed by atoms with Crippen LogP contribution in [0.25, 0.3) is 0 Å². The molecule has 0 unspecified atom stereocenters. The fourth-order valence-electron chi connectivity index (χ4n) is 2.47. The first-order valence-electron chi connectivity index (χ1n) is 6.86. The van der Waals surface area contributed by atoms with Crippen molar-refractivity contribution in [2.75, 3.05) is 23.7 Å². The van der Waals surface area contributed by atoms with Gasteiger partial charge in [0.25, 0.3) is 5.69 Å². The average Bonchev–Trinajstić information content (AvgIpc) is 2.48. The number of nitro groups is 1. The van der Waals surface area contributed by atoms with E-state index in [1.54, 1.807) is 26.8 Å². The fraction of sp³-hybridized carbons (Fsp3) is 0.571. The summed E-state index contributed by atoms with van der Waals surface area (Å²) in [6.07, 6.45) is 0.459. The molecule has 116 valence electrons. The van der Waals surface area contributed by atoms with Gasteiger partial charge in [0.15, 0.2) is 9.84 Å². The molecule has 0 atom stereocenters. The van der Waals surface area contributed by atoms with Crippen LogP contribution < -0.4 is 4.90 Å². The Labute approximate surface area is 124 Å². The van der Waals surface area contributed by atoms with E-state index < -0.39 is 19.5 Å². The normalized spacial score (nSPS) is 20.8. The first-order valence-corrected chi connectivity index (χ1v) is 8.51. The van der Waals surface area contributed by atoms with Crippen LogP contribution in [0.15, 0.2) is 18.2 Å². The van der Waals surface area contributed by atoms with Crippen molar-refractivity contribution in [2.24, 2.45) is 0 Å². The summed E-state index contributed by atoms with van der Waals surface area (Å²) >= 11 is 0. The Bertz CT molecular complexity index is 668. The zero-order chi connectivity index (χ0) is 15.8. The molecule has 7 heteroatoms. The van der Waals surface area contributed by atoms with Crippen LogP contribution in [0.2, 0.25) is 0 Å². The van der Waals surface area contributed by atoms with Crippen molar-refractivity contribution in [2.45, 2.75) is 31.9 Å². The Morgan fingerprint density at radius 2 is 1.95 bits per heavy atom. The minimum absolute atomic E-state index is 0.0189. The van der Waals surface area contributed by atoms with Crippen molar-refractivity contribution < 1.29 is 13.3 Å². The number of anilines is 1. The van der Waals surface area contributed by atoms with Gasteiger partial charge in [-0.2, -0.15) is 0 Å². The molecule has 1 aromatic rings. The van der Waals surface area contributed by atoms with Gasteiger partial charge in [-0.25, -0.2) is 8.42 Å². The van der Waals surface area contributed by atoms with Crippen LogP contribution in [0, 0.1) is 17.0 Å². The molecule has 1 aromatic carbocycles. The van der Waals surface area contributed by atoms with Crippen molar-refractivity contribution in [3.05, 3.63) is 33.9 Å². The highest BCUT2D eigenvalue weighted by Crippen LogP contribution is 2.33. The zero-order valence-corrected chi connectivity index (χ0v) is 13.3. The molecule has 0 bridgehead atoms. The molecule has 0 aliphatic carbocycles. The highest BCUT2D eigenvalue weighted by Gasteiger charge is 2.37. The SMILES string of the molecule is Cc1ccc(N2CCC(C)(C)S(=O)(=O)CC2)c([N+](=O)[O-])c1. The molecule has 2 rings (SSSR count). The number of hydrogen-bond donors (Lipinski definition) is 0. The second-order valence-electron chi connectivity index (χ2n) is 6.06. The Morgan fingerprint density at radius 3 is 2.57 bits per heavy atom. The lowest BCUT2D eigenvalue weighted by Crippen LogP contribution is -2.33. The van der Waals surface area contributed by atoms with Gasteiger partial charge in [-0.3, -0.25) is 10.1 Å². The largest absolute Gasteiger partial charge is 0.365 e. The summed E-state index contributed by atoms with van der Waals surface area (Å²) in [5, 5.41) is 11.2. The number of sulfone groups is 1. The monoisotopic (exact) mass is 312 g/mol. The van der Waals surface area contributed by atoms with E-state index in [-0.39, 0.29) is 18.0 Å². The summed E-state index contributed by atoms with van der Waals surface area (Å²) in [4.78, 5) is 12.6. The lowest BCUT2D eigenvalue weighted by Gasteiger charge is -2.23. The minimum Gasteiger partial charge on any atom is -0.365 e. The highest BCUT2D eigenvalue weighted by molar-refractivity contribution is 7.92. The summed E-state index contributed by atoms with van der Waals surface area (Å²) in [6.45, 7) is 6.02. The van der Waals surface area contributed by atoms with Crippen molar-refractivity contribution >= 4 is 21.2 Å². The summed E-state index contributed by atoms with van der Waals surface area (Å²) in [5.74, 6) is 0.0189. The number of rotatable bonds is 2. The molecule has 1 aliphatic heterocycles. The third kappa shape index (κ3) is 3.02. The molecular weight excluding hydrogens is 292 g/mol. The molecule has 0 saturated carbocycles. The van der Waals surface area contributed by atoms with E-state index >= 15 is 0 Å². The van der Waals surface area contributed by atoms with E-state index in [9.17, 15) is 18.5 Å². The van der Waals surface area contributed by atoms with Gasteiger partial charge in [-0.05, 0) is 38.8 Å². The molecule has 0 amide bonds. The lowest BCUT2D eigenvalue weighted by atomic mass is 10.1. The molecule has 0 N–H and O–H groups in total. The molecule has 0 spiro atoms. The zero-order valence-electron chi connectivity index (χ0n) is 12.5. The first kappa shape index (κ1) is 15.8. The second-order valence-corrected chi connectivity index (χ2v) is 8.81. The van der Waals surface area contributed by atoms with Gasteiger partial charge in [0.05, 0.1) is 15.4 Å². The third-order valence-corrected chi connectivity index (χ3v) is 6.73. The van der Waals surface area contributed by atoms with Crippen molar-refractivity contribution in [3.63, 3.8) is 0 Å². The van der Waals surface area contributed by atoms with E-state index in [2.05, 4.69) is 0 Å². The number of hydrogen-bond acceptors (Lipinski definition) is 5. The summed E-state index contributed by atoms with van der Waals surface area (Å²) < 4.78 is 23.6. The van der Waals surface area contributed by atoms with Gasteiger partial charge in [0, 0.05) is 19.2 Å². The maximum Gasteiger partial charge on any atom is 0.292 e. The Kier molecular flexibility index (Phi) is 3.97. The highest BCUT2D eigenvalue weighted by atomic mass is 32.2. The van der Waals surface area contributed by atoms with Crippen LogP contribution in [0.4, 0.5) is 11.4 Å². The number of nitro benzene ring substituents is 1. The van der Waals surface area contributed by atoms with Gasteiger partial charge in [-0.15, -0.1) is 0 Å². The molecule has 1 saturated heterocycles. The van der Waals surface area contributed by atoms with Crippen LogP contribution in [-0.2, 0) is 9.84 Å². The molecular formula is C14H20N2O4S. The maximum absolute atomic E-state index is 12.2. The summed E-state index contributed by atoms with van der Waals surface area (Å²) in [5.41, 5.74) is 1.35. The molecule has 1 aliphatic rings.